The summed E-state index contributed by atoms with van der Waals surface area (Å²) in [6.45, 7) is 0. The maximum Gasteiger partial charge on any atom is 0.394 e. The summed E-state index contributed by atoms with van der Waals surface area (Å²) in [6, 6.07) is 8.45. The molecule has 1 heterocycles. The molecule has 1 aromatic carbocycles. The second kappa shape index (κ2) is 2.99. The van der Waals surface area contributed by atoms with E-state index in [1.165, 1.54) is 0 Å². The lowest BCUT2D eigenvalue weighted by molar-refractivity contribution is -0.552. The molecule has 1 aliphatic rings. The van der Waals surface area contributed by atoms with Gasteiger partial charge in [0, 0.05) is 0 Å². The van der Waals surface area contributed by atoms with Gasteiger partial charge in [-0.1, -0.05) is 23.3 Å². The van der Waals surface area contributed by atoms with Gasteiger partial charge in [0.1, 0.15) is 6.21 Å². The van der Waals surface area contributed by atoms with Crippen LogP contribution in [0.25, 0.3) is 0 Å². The summed E-state index contributed by atoms with van der Waals surface area (Å²) in [5.74, 6) is 0. The summed E-state index contributed by atoms with van der Waals surface area (Å²) >= 11 is 0. The van der Waals surface area contributed by atoms with E-state index in [-0.39, 0.29) is 0 Å². The van der Waals surface area contributed by atoms with Crippen LogP contribution in [0, 0.1) is 10.1 Å². The first-order valence-electron chi connectivity index (χ1n) is 3.92. The van der Waals surface area contributed by atoms with E-state index in [2.05, 4.69) is 15.4 Å². The highest BCUT2D eigenvalue weighted by atomic mass is 16.6. The summed E-state index contributed by atoms with van der Waals surface area (Å²) in [5, 5.41) is 21.1. The fourth-order valence-corrected chi connectivity index (χ4v) is 1.23. The Balaban J connectivity index is 2.54. The minimum Gasteiger partial charge on any atom is -0.261 e. The molecule has 1 aromatic rings. The first-order chi connectivity index (χ1) is 6.76. The lowest BCUT2D eigenvalue weighted by Gasteiger charge is -2.11. The van der Waals surface area contributed by atoms with Gasteiger partial charge in [-0.05, 0) is 17.4 Å². The van der Waals surface area contributed by atoms with Crippen molar-refractivity contribution >= 4 is 6.21 Å². The van der Waals surface area contributed by atoms with Crippen LogP contribution in [0.5, 0.6) is 0 Å². The van der Waals surface area contributed by atoms with E-state index in [0.29, 0.717) is 5.56 Å². The molecule has 0 saturated heterocycles. The minimum atomic E-state index is -1.62. The number of hydrogen-bond acceptors (Lipinski definition) is 5. The Hall–Kier alpha value is -2.11. The van der Waals surface area contributed by atoms with Crippen molar-refractivity contribution in [1.29, 1.82) is 0 Å². The van der Waals surface area contributed by atoms with Gasteiger partial charge in [0.2, 0.25) is 0 Å². The van der Waals surface area contributed by atoms with E-state index < -0.39 is 10.6 Å². The molecule has 14 heavy (non-hydrogen) atoms. The van der Waals surface area contributed by atoms with Crippen molar-refractivity contribution in [2.24, 2.45) is 15.4 Å². The van der Waals surface area contributed by atoms with Gasteiger partial charge in [-0.15, -0.1) is 5.10 Å². The van der Waals surface area contributed by atoms with Crippen LogP contribution in [0.3, 0.4) is 0 Å². The molecule has 0 saturated carbocycles. The van der Waals surface area contributed by atoms with Crippen LogP contribution in [0.2, 0.25) is 0 Å². The number of nitro groups is 1. The number of hydrogen-bond donors (Lipinski definition) is 0. The monoisotopic (exact) mass is 190 g/mol. The van der Waals surface area contributed by atoms with Gasteiger partial charge in [0.25, 0.3) is 0 Å². The number of benzene rings is 1. The molecule has 0 spiro atoms. The molecule has 2 rings (SSSR count). The highest BCUT2D eigenvalue weighted by Gasteiger charge is 2.46. The summed E-state index contributed by atoms with van der Waals surface area (Å²) < 4.78 is 0. The number of nitrogens with zero attached hydrogens (tertiary/aromatic N) is 4. The van der Waals surface area contributed by atoms with Gasteiger partial charge < -0.3 is 0 Å². The van der Waals surface area contributed by atoms with Gasteiger partial charge in [-0.2, -0.15) is 0 Å². The average Bonchev–Trinajstić information content (AvgIpc) is 2.69. The topological polar surface area (TPSA) is 80.2 Å². The average molecular weight is 190 g/mol. The SMILES string of the molecule is O=[N+]([O-])C1(c2ccccc2)C=NN=N1. The van der Waals surface area contributed by atoms with Crippen molar-refractivity contribution < 1.29 is 4.92 Å². The van der Waals surface area contributed by atoms with Crippen LogP contribution in [0.15, 0.2) is 45.8 Å². The van der Waals surface area contributed by atoms with Gasteiger partial charge in [-0.3, -0.25) is 10.1 Å². The Bertz CT molecular complexity index is 401. The highest BCUT2D eigenvalue weighted by Crippen LogP contribution is 2.27. The molecule has 1 unspecified atom stereocenters. The van der Waals surface area contributed by atoms with Crippen LogP contribution in [0.1, 0.15) is 5.56 Å². The Labute approximate surface area is 79.1 Å². The van der Waals surface area contributed by atoms with E-state index in [4.69, 9.17) is 0 Å². The van der Waals surface area contributed by atoms with Gasteiger partial charge in [0.05, 0.1) is 10.5 Å². The Morgan fingerprint density at radius 1 is 1.29 bits per heavy atom. The predicted octanol–water partition coefficient (Wildman–Crippen LogP) is 1.57. The summed E-state index contributed by atoms with van der Waals surface area (Å²) in [6.07, 6.45) is 1.13. The molecule has 0 radical (unpaired) electrons. The molecule has 1 atom stereocenters. The van der Waals surface area contributed by atoms with Crippen molar-refractivity contribution in [2.45, 2.75) is 5.66 Å². The second-order valence-electron chi connectivity index (χ2n) is 2.78. The van der Waals surface area contributed by atoms with Gasteiger partial charge in [-0.25, -0.2) is 0 Å². The largest absolute Gasteiger partial charge is 0.394 e. The van der Waals surface area contributed by atoms with Crippen molar-refractivity contribution in [1.82, 2.24) is 0 Å². The molecule has 0 amide bonds. The maximum absolute atomic E-state index is 10.9. The molecule has 0 aliphatic carbocycles. The smallest absolute Gasteiger partial charge is 0.261 e. The van der Waals surface area contributed by atoms with E-state index in [0.717, 1.165) is 6.21 Å². The number of rotatable bonds is 2. The van der Waals surface area contributed by atoms with Crippen LogP contribution < -0.4 is 0 Å². The van der Waals surface area contributed by atoms with Crippen LogP contribution in [0.4, 0.5) is 0 Å². The lowest BCUT2D eigenvalue weighted by Crippen LogP contribution is -2.33. The van der Waals surface area contributed by atoms with Crippen molar-refractivity contribution in [3.05, 3.63) is 46.0 Å². The molecule has 0 fully saturated rings. The molecule has 1 aliphatic heterocycles. The molecule has 6 nitrogen and oxygen atoms in total. The Morgan fingerprint density at radius 2 is 2.00 bits per heavy atom. The normalized spacial score (nSPS) is 24.0. The predicted molar refractivity (Wildman–Crippen MR) is 48.5 cm³/mol. The molecule has 6 heteroatoms. The van der Waals surface area contributed by atoms with E-state index in [1.807, 2.05) is 0 Å². The maximum atomic E-state index is 10.9. The third-order valence-corrected chi connectivity index (χ3v) is 1.96. The fraction of sp³-hybridized carbons (Fsp3) is 0.125. The third kappa shape index (κ3) is 1.08. The Morgan fingerprint density at radius 3 is 2.50 bits per heavy atom. The minimum absolute atomic E-state index is 0.454. The molecular weight excluding hydrogens is 184 g/mol. The van der Waals surface area contributed by atoms with Crippen molar-refractivity contribution in [2.75, 3.05) is 0 Å². The molecular formula is C8H6N4O2. The molecule has 0 bridgehead atoms. The second-order valence-corrected chi connectivity index (χ2v) is 2.78. The van der Waals surface area contributed by atoms with Crippen LogP contribution in [-0.4, -0.2) is 11.1 Å². The fourth-order valence-electron chi connectivity index (χ4n) is 1.23. The first-order valence-corrected chi connectivity index (χ1v) is 3.92. The molecule has 0 N–H and O–H groups in total. The van der Waals surface area contributed by atoms with Gasteiger partial charge in [0.15, 0.2) is 0 Å². The quantitative estimate of drug-likeness (QED) is 0.523. The van der Waals surface area contributed by atoms with E-state index in [1.54, 1.807) is 30.3 Å². The van der Waals surface area contributed by atoms with E-state index >= 15 is 0 Å². The highest BCUT2D eigenvalue weighted by molar-refractivity contribution is 5.71. The zero-order valence-corrected chi connectivity index (χ0v) is 7.07. The van der Waals surface area contributed by atoms with Crippen molar-refractivity contribution in [3.8, 4) is 0 Å². The standard InChI is InChI=1S/C8H6N4O2/c13-12(14)8(6-9-11-10-8)7-4-2-1-3-5-7/h1-6H. The zero-order chi connectivity index (χ0) is 10.0. The molecule has 70 valence electrons. The van der Waals surface area contributed by atoms with Crippen LogP contribution in [-0.2, 0) is 5.66 Å². The first kappa shape index (κ1) is 8.49. The molecule has 0 aromatic heterocycles. The third-order valence-electron chi connectivity index (χ3n) is 1.96. The van der Waals surface area contributed by atoms with Crippen molar-refractivity contribution in [3.63, 3.8) is 0 Å². The summed E-state index contributed by atoms with van der Waals surface area (Å²) in [7, 11) is 0. The Kier molecular flexibility index (Phi) is 1.81. The zero-order valence-electron chi connectivity index (χ0n) is 7.07. The van der Waals surface area contributed by atoms with Crippen LogP contribution >= 0.6 is 0 Å². The summed E-state index contributed by atoms with van der Waals surface area (Å²) in [4.78, 5) is 10.4. The van der Waals surface area contributed by atoms with E-state index in [9.17, 15) is 10.1 Å². The summed E-state index contributed by atoms with van der Waals surface area (Å²) in [5.41, 5.74) is -1.17. The lowest BCUT2D eigenvalue weighted by atomic mass is 10.0. The van der Waals surface area contributed by atoms with Gasteiger partial charge >= 0.3 is 5.66 Å².